The molecule has 2 atom stereocenters. The molecule has 0 aromatic carbocycles. The SMILES string of the molecule is CC(C)CC1CN(CC(F)F)C(C2CC2)CN1. The minimum atomic E-state index is -2.20. The van der Waals surface area contributed by atoms with E-state index in [4.69, 9.17) is 0 Å². The monoisotopic (exact) mass is 246 g/mol. The van der Waals surface area contributed by atoms with Crippen LogP contribution in [-0.4, -0.2) is 43.0 Å². The smallest absolute Gasteiger partial charge is 0.251 e. The first kappa shape index (κ1) is 13.2. The number of hydrogen-bond donors (Lipinski definition) is 1. The lowest BCUT2D eigenvalue weighted by atomic mass is 9.98. The molecule has 0 bridgehead atoms. The zero-order valence-electron chi connectivity index (χ0n) is 10.8. The van der Waals surface area contributed by atoms with Gasteiger partial charge in [-0.3, -0.25) is 4.90 Å². The maximum atomic E-state index is 12.6. The molecular weight excluding hydrogens is 222 g/mol. The van der Waals surface area contributed by atoms with Gasteiger partial charge in [0.1, 0.15) is 0 Å². The molecule has 0 amide bonds. The van der Waals surface area contributed by atoms with Crippen LogP contribution in [0.4, 0.5) is 8.78 Å². The molecule has 0 spiro atoms. The molecule has 100 valence electrons. The van der Waals surface area contributed by atoms with Crippen LogP contribution in [0.2, 0.25) is 0 Å². The number of alkyl halides is 2. The highest BCUT2D eigenvalue weighted by molar-refractivity contribution is 4.95. The molecule has 2 nitrogen and oxygen atoms in total. The van der Waals surface area contributed by atoms with Crippen LogP contribution in [0.15, 0.2) is 0 Å². The number of hydrogen-bond acceptors (Lipinski definition) is 2. The Morgan fingerprint density at radius 2 is 2.00 bits per heavy atom. The van der Waals surface area contributed by atoms with E-state index in [-0.39, 0.29) is 6.54 Å². The number of halogens is 2. The second-order valence-electron chi connectivity index (χ2n) is 5.98. The molecule has 1 aliphatic carbocycles. The summed E-state index contributed by atoms with van der Waals surface area (Å²) in [6, 6.07) is 0.746. The molecule has 0 aromatic heterocycles. The van der Waals surface area contributed by atoms with Gasteiger partial charge in [0.15, 0.2) is 0 Å². The van der Waals surface area contributed by atoms with Crippen molar-refractivity contribution in [1.82, 2.24) is 10.2 Å². The van der Waals surface area contributed by atoms with E-state index in [1.165, 1.54) is 12.8 Å². The molecule has 0 aromatic rings. The van der Waals surface area contributed by atoms with Crippen molar-refractivity contribution in [3.05, 3.63) is 0 Å². The predicted octanol–water partition coefficient (Wildman–Crippen LogP) is 2.35. The molecule has 2 unspecified atom stereocenters. The fourth-order valence-corrected chi connectivity index (χ4v) is 2.96. The molecule has 2 fully saturated rings. The minimum Gasteiger partial charge on any atom is -0.311 e. The lowest BCUT2D eigenvalue weighted by Crippen LogP contribution is -2.58. The Morgan fingerprint density at radius 1 is 1.29 bits per heavy atom. The van der Waals surface area contributed by atoms with Crippen molar-refractivity contribution in [3.63, 3.8) is 0 Å². The van der Waals surface area contributed by atoms with Gasteiger partial charge in [-0.05, 0) is 31.1 Å². The fourth-order valence-electron chi connectivity index (χ4n) is 2.96. The summed E-state index contributed by atoms with van der Waals surface area (Å²) >= 11 is 0. The van der Waals surface area contributed by atoms with Crippen molar-refractivity contribution >= 4 is 0 Å². The molecule has 17 heavy (non-hydrogen) atoms. The number of nitrogens with zero attached hydrogens (tertiary/aromatic N) is 1. The molecule has 2 aliphatic rings. The Hall–Kier alpha value is -0.220. The molecule has 1 saturated carbocycles. The summed E-state index contributed by atoms with van der Waals surface area (Å²) in [4.78, 5) is 2.03. The molecule has 1 N–H and O–H groups in total. The highest BCUT2D eigenvalue weighted by atomic mass is 19.3. The van der Waals surface area contributed by atoms with Crippen LogP contribution in [0, 0.1) is 11.8 Å². The predicted molar refractivity (Wildman–Crippen MR) is 65.3 cm³/mol. The third-order valence-corrected chi connectivity index (χ3v) is 3.83. The summed E-state index contributed by atoms with van der Waals surface area (Å²) in [5.74, 6) is 1.29. The van der Waals surface area contributed by atoms with E-state index in [9.17, 15) is 8.78 Å². The summed E-state index contributed by atoms with van der Waals surface area (Å²) < 4.78 is 25.2. The molecule has 1 aliphatic heterocycles. The van der Waals surface area contributed by atoms with Gasteiger partial charge in [-0.2, -0.15) is 0 Å². The highest BCUT2D eigenvalue weighted by Gasteiger charge is 2.39. The van der Waals surface area contributed by atoms with Crippen molar-refractivity contribution in [1.29, 1.82) is 0 Å². The Labute approximate surface area is 103 Å². The van der Waals surface area contributed by atoms with E-state index in [1.54, 1.807) is 0 Å². The fraction of sp³-hybridized carbons (Fsp3) is 1.00. The van der Waals surface area contributed by atoms with Crippen LogP contribution >= 0.6 is 0 Å². The third-order valence-electron chi connectivity index (χ3n) is 3.83. The van der Waals surface area contributed by atoms with E-state index < -0.39 is 6.43 Å². The molecular formula is C13H24F2N2. The van der Waals surface area contributed by atoms with Gasteiger partial charge in [0.05, 0.1) is 6.54 Å². The average Bonchev–Trinajstić information content (AvgIpc) is 2.99. The van der Waals surface area contributed by atoms with Crippen LogP contribution in [0.25, 0.3) is 0 Å². The first-order chi connectivity index (χ1) is 8.06. The normalized spacial score (nSPS) is 31.4. The van der Waals surface area contributed by atoms with Crippen molar-refractivity contribution < 1.29 is 8.78 Å². The lowest BCUT2D eigenvalue weighted by molar-refractivity contribution is 0.0337. The molecule has 4 heteroatoms. The largest absolute Gasteiger partial charge is 0.311 e. The van der Waals surface area contributed by atoms with E-state index in [0.717, 1.165) is 19.5 Å². The van der Waals surface area contributed by atoms with Crippen LogP contribution in [0.3, 0.4) is 0 Å². The molecule has 2 rings (SSSR count). The molecule has 1 saturated heterocycles. The summed E-state index contributed by atoms with van der Waals surface area (Å²) in [6.07, 6.45) is 1.33. The average molecular weight is 246 g/mol. The van der Waals surface area contributed by atoms with Crippen LogP contribution in [0.1, 0.15) is 33.1 Å². The summed E-state index contributed by atoms with van der Waals surface area (Å²) in [7, 11) is 0. The standard InChI is InChI=1S/C13H24F2N2/c1-9(2)5-11-7-17(8-13(14)15)12(6-16-11)10-3-4-10/h9-13,16H,3-8H2,1-2H3. The minimum absolute atomic E-state index is 0.0442. The second-order valence-corrected chi connectivity index (χ2v) is 5.98. The second kappa shape index (κ2) is 5.61. The molecule has 1 heterocycles. The maximum absolute atomic E-state index is 12.6. The van der Waals surface area contributed by atoms with Gasteiger partial charge in [-0.1, -0.05) is 13.8 Å². The summed E-state index contributed by atoms with van der Waals surface area (Å²) in [5, 5.41) is 3.54. The van der Waals surface area contributed by atoms with E-state index in [2.05, 4.69) is 19.2 Å². The third kappa shape index (κ3) is 3.88. The quantitative estimate of drug-likeness (QED) is 0.801. The van der Waals surface area contributed by atoms with E-state index in [1.807, 2.05) is 4.90 Å². The number of rotatable bonds is 5. The summed E-state index contributed by atoms with van der Waals surface area (Å²) in [6.45, 7) is 6.02. The Balaban J connectivity index is 1.89. The van der Waals surface area contributed by atoms with E-state index >= 15 is 0 Å². The number of nitrogens with one attached hydrogen (secondary N) is 1. The summed E-state index contributed by atoms with van der Waals surface area (Å²) in [5.41, 5.74) is 0. The van der Waals surface area contributed by atoms with Crippen LogP contribution in [0.5, 0.6) is 0 Å². The zero-order chi connectivity index (χ0) is 12.4. The number of piperazine rings is 1. The van der Waals surface area contributed by atoms with Gasteiger partial charge in [-0.15, -0.1) is 0 Å². The van der Waals surface area contributed by atoms with Crippen molar-refractivity contribution in [3.8, 4) is 0 Å². The van der Waals surface area contributed by atoms with Gasteiger partial charge in [-0.25, -0.2) is 8.78 Å². The Bertz CT molecular complexity index is 242. The van der Waals surface area contributed by atoms with Crippen molar-refractivity contribution in [2.45, 2.75) is 51.6 Å². The van der Waals surface area contributed by atoms with Gasteiger partial charge in [0.25, 0.3) is 6.43 Å². The first-order valence-corrected chi connectivity index (χ1v) is 6.82. The highest BCUT2D eigenvalue weighted by Crippen LogP contribution is 2.36. The topological polar surface area (TPSA) is 15.3 Å². The Kier molecular flexibility index (Phi) is 4.36. The zero-order valence-corrected chi connectivity index (χ0v) is 10.8. The van der Waals surface area contributed by atoms with Crippen molar-refractivity contribution in [2.75, 3.05) is 19.6 Å². The Morgan fingerprint density at radius 3 is 2.53 bits per heavy atom. The maximum Gasteiger partial charge on any atom is 0.251 e. The van der Waals surface area contributed by atoms with Crippen molar-refractivity contribution in [2.24, 2.45) is 11.8 Å². The van der Waals surface area contributed by atoms with Gasteiger partial charge in [0.2, 0.25) is 0 Å². The van der Waals surface area contributed by atoms with Gasteiger partial charge >= 0.3 is 0 Å². The van der Waals surface area contributed by atoms with Crippen LogP contribution in [-0.2, 0) is 0 Å². The van der Waals surface area contributed by atoms with E-state index in [0.29, 0.717) is 23.9 Å². The lowest BCUT2D eigenvalue weighted by Gasteiger charge is -2.41. The van der Waals surface area contributed by atoms with Gasteiger partial charge < -0.3 is 5.32 Å². The first-order valence-electron chi connectivity index (χ1n) is 6.82. The van der Waals surface area contributed by atoms with Crippen LogP contribution < -0.4 is 5.32 Å². The van der Waals surface area contributed by atoms with Gasteiger partial charge in [0, 0.05) is 25.2 Å². The molecule has 0 radical (unpaired) electrons.